The van der Waals surface area contributed by atoms with Crippen molar-refractivity contribution in [2.45, 2.75) is 46.1 Å². The number of anilines is 2. The Balaban J connectivity index is 1.84. The molecule has 0 aliphatic heterocycles. The fraction of sp³-hybridized carbons (Fsp3) is 0.333. The van der Waals surface area contributed by atoms with Gasteiger partial charge in [0.05, 0.1) is 12.6 Å². The third kappa shape index (κ3) is 6.41. The number of halogens is 2. The smallest absolute Gasteiger partial charge is 0.271 e. The minimum atomic E-state index is -0.313. The first kappa shape index (κ1) is 31.7. The standard InChI is InChI=1S/C33H38ClFN6O2/c1-8-24(21-11-10-12-23(35)15-21)29-31(36)38-18-39-32(29)41(7)20(4)25-16-26(34)19(3)28(30(25)43-9-2)22-13-14-27(37-17-22)33(42)40(5)6/h10-18,20,24H,8-9H2,1-7H3,(H2,36,38,39). The SMILES string of the molecule is CCOc1c(C(C)N(C)c2ncnc(N)c2C(CC)c2cccc(F)c2)cc(Cl)c(C)c1-c1ccc(C(=O)N(C)C)nc1. The number of benzene rings is 2. The lowest BCUT2D eigenvalue weighted by Gasteiger charge is -2.32. The van der Waals surface area contributed by atoms with Crippen LogP contribution in [0.25, 0.3) is 11.1 Å². The first-order chi connectivity index (χ1) is 20.5. The zero-order valence-corrected chi connectivity index (χ0v) is 26.4. The monoisotopic (exact) mass is 604 g/mol. The van der Waals surface area contributed by atoms with Crippen LogP contribution in [0.2, 0.25) is 5.02 Å². The molecule has 0 saturated heterocycles. The second-order valence-corrected chi connectivity index (χ2v) is 11.0. The summed E-state index contributed by atoms with van der Waals surface area (Å²) in [5, 5.41) is 0.566. The van der Waals surface area contributed by atoms with Crippen molar-refractivity contribution in [2.24, 2.45) is 0 Å². The zero-order valence-electron chi connectivity index (χ0n) is 25.7. The van der Waals surface area contributed by atoms with Crippen molar-refractivity contribution in [1.82, 2.24) is 19.9 Å². The Kier molecular flexibility index (Phi) is 9.86. The Labute approximate surface area is 257 Å². The predicted molar refractivity (Wildman–Crippen MR) is 170 cm³/mol. The van der Waals surface area contributed by atoms with Crippen molar-refractivity contribution < 1.29 is 13.9 Å². The Bertz CT molecular complexity index is 1610. The maximum Gasteiger partial charge on any atom is 0.271 e. The second kappa shape index (κ2) is 13.4. The zero-order chi connectivity index (χ0) is 31.4. The van der Waals surface area contributed by atoms with E-state index in [0.29, 0.717) is 41.1 Å². The van der Waals surface area contributed by atoms with Crippen LogP contribution >= 0.6 is 11.6 Å². The van der Waals surface area contributed by atoms with Gasteiger partial charge in [0.15, 0.2) is 0 Å². The van der Waals surface area contributed by atoms with Crippen LogP contribution < -0.4 is 15.4 Å². The molecule has 0 aliphatic rings. The summed E-state index contributed by atoms with van der Waals surface area (Å²) in [5.74, 6) is 0.916. The number of carbonyl (C=O) groups excluding carboxylic acids is 1. The summed E-state index contributed by atoms with van der Waals surface area (Å²) in [5.41, 5.74) is 11.6. The van der Waals surface area contributed by atoms with E-state index in [1.165, 1.54) is 23.4 Å². The van der Waals surface area contributed by atoms with E-state index < -0.39 is 0 Å². The number of hydrogen-bond acceptors (Lipinski definition) is 7. The number of nitrogen functional groups attached to an aromatic ring is 1. The third-order valence-corrected chi connectivity index (χ3v) is 8.13. The number of carbonyl (C=O) groups is 1. The van der Waals surface area contributed by atoms with Crippen molar-refractivity contribution in [2.75, 3.05) is 38.4 Å². The van der Waals surface area contributed by atoms with Crippen LogP contribution in [0.4, 0.5) is 16.0 Å². The number of pyridine rings is 1. The molecule has 2 aromatic carbocycles. The lowest BCUT2D eigenvalue weighted by Crippen LogP contribution is -2.26. The summed E-state index contributed by atoms with van der Waals surface area (Å²) in [6.45, 7) is 8.35. The maximum atomic E-state index is 14.2. The molecule has 8 nitrogen and oxygen atoms in total. The Morgan fingerprint density at radius 1 is 1.09 bits per heavy atom. The lowest BCUT2D eigenvalue weighted by molar-refractivity contribution is 0.0822. The predicted octanol–water partition coefficient (Wildman–Crippen LogP) is 7.06. The van der Waals surface area contributed by atoms with Gasteiger partial charge in [0.2, 0.25) is 0 Å². The van der Waals surface area contributed by atoms with Gasteiger partial charge in [-0.15, -0.1) is 0 Å². The minimum Gasteiger partial charge on any atom is -0.493 e. The van der Waals surface area contributed by atoms with Gasteiger partial charge in [0.1, 0.15) is 35.2 Å². The normalized spacial score (nSPS) is 12.5. The molecule has 4 aromatic rings. The van der Waals surface area contributed by atoms with E-state index in [4.69, 9.17) is 22.1 Å². The quantitative estimate of drug-likeness (QED) is 0.207. The summed E-state index contributed by atoms with van der Waals surface area (Å²) < 4.78 is 20.5. The van der Waals surface area contributed by atoms with Crippen LogP contribution in [0.1, 0.15) is 71.9 Å². The van der Waals surface area contributed by atoms with E-state index in [9.17, 15) is 9.18 Å². The van der Waals surface area contributed by atoms with Crippen molar-refractivity contribution in [1.29, 1.82) is 0 Å². The van der Waals surface area contributed by atoms with Gasteiger partial charge in [0.25, 0.3) is 5.91 Å². The molecule has 226 valence electrons. The van der Waals surface area contributed by atoms with Crippen molar-refractivity contribution in [3.8, 4) is 16.9 Å². The number of amides is 1. The van der Waals surface area contributed by atoms with E-state index in [2.05, 4.69) is 15.0 Å². The summed E-state index contributed by atoms with van der Waals surface area (Å²) in [6, 6.07) is 11.7. The molecule has 2 atom stereocenters. The molecule has 4 rings (SSSR count). The van der Waals surface area contributed by atoms with Gasteiger partial charge < -0.3 is 20.3 Å². The van der Waals surface area contributed by atoms with E-state index in [1.807, 2.05) is 57.8 Å². The molecule has 0 spiro atoms. The largest absolute Gasteiger partial charge is 0.493 e. The highest BCUT2D eigenvalue weighted by Gasteiger charge is 2.29. The van der Waals surface area contributed by atoms with Crippen molar-refractivity contribution in [3.63, 3.8) is 0 Å². The van der Waals surface area contributed by atoms with Gasteiger partial charge in [-0.1, -0.05) is 36.7 Å². The lowest BCUT2D eigenvalue weighted by atomic mass is 9.88. The molecule has 0 radical (unpaired) electrons. The van der Waals surface area contributed by atoms with E-state index in [1.54, 1.807) is 32.4 Å². The molecule has 0 fully saturated rings. The second-order valence-electron chi connectivity index (χ2n) is 10.6. The molecular formula is C33H38ClFN6O2. The minimum absolute atomic E-state index is 0.182. The fourth-order valence-electron chi connectivity index (χ4n) is 5.34. The van der Waals surface area contributed by atoms with Gasteiger partial charge in [-0.25, -0.2) is 14.4 Å². The van der Waals surface area contributed by atoms with Crippen molar-refractivity contribution in [3.05, 3.63) is 93.8 Å². The van der Waals surface area contributed by atoms with Crippen molar-refractivity contribution >= 4 is 29.1 Å². The van der Waals surface area contributed by atoms with Crippen LogP contribution in [0.15, 0.2) is 55.0 Å². The van der Waals surface area contributed by atoms with Gasteiger partial charge in [-0.2, -0.15) is 0 Å². The van der Waals surface area contributed by atoms with Gasteiger partial charge >= 0.3 is 0 Å². The van der Waals surface area contributed by atoms with Gasteiger partial charge in [-0.3, -0.25) is 9.78 Å². The van der Waals surface area contributed by atoms with Crippen LogP contribution in [0, 0.1) is 12.7 Å². The average Bonchev–Trinajstić information content (AvgIpc) is 2.99. The van der Waals surface area contributed by atoms with E-state index in [-0.39, 0.29) is 23.7 Å². The highest BCUT2D eigenvalue weighted by Crippen LogP contribution is 2.45. The maximum absolute atomic E-state index is 14.2. The molecular weight excluding hydrogens is 567 g/mol. The molecule has 0 saturated carbocycles. The average molecular weight is 605 g/mol. The van der Waals surface area contributed by atoms with Crippen LogP contribution in [0.3, 0.4) is 0 Å². The van der Waals surface area contributed by atoms with Gasteiger partial charge in [-0.05, 0) is 62.6 Å². The molecule has 2 unspecified atom stereocenters. The van der Waals surface area contributed by atoms with Crippen LogP contribution in [0.5, 0.6) is 5.75 Å². The van der Waals surface area contributed by atoms with Crippen LogP contribution in [-0.4, -0.2) is 53.5 Å². The summed E-state index contributed by atoms with van der Waals surface area (Å²) >= 11 is 6.85. The highest BCUT2D eigenvalue weighted by atomic mass is 35.5. The highest BCUT2D eigenvalue weighted by molar-refractivity contribution is 6.32. The van der Waals surface area contributed by atoms with E-state index >= 15 is 0 Å². The Morgan fingerprint density at radius 3 is 2.44 bits per heavy atom. The fourth-order valence-corrected chi connectivity index (χ4v) is 5.55. The number of ether oxygens (including phenoxy) is 1. The summed E-state index contributed by atoms with van der Waals surface area (Å²) in [7, 11) is 5.31. The molecule has 1 amide bonds. The molecule has 2 heterocycles. The first-order valence-corrected chi connectivity index (χ1v) is 14.6. The molecule has 2 aromatic heterocycles. The first-order valence-electron chi connectivity index (χ1n) is 14.2. The molecule has 43 heavy (non-hydrogen) atoms. The molecule has 0 bridgehead atoms. The number of nitrogens with two attached hydrogens (primary N) is 1. The topological polar surface area (TPSA) is 97.5 Å². The molecule has 0 aliphatic carbocycles. The summed E-state index contributed by atoms with van der Waals surface area (Å²) in [6.07, 6.45) is 3.78. The Morgan fingerprint density at radius 2 is 1.84 bits per heavy atom. The number of aromatic nitrogens is 3. The summed E-state index contributed by atoms with van der Waals surface area (Å²) in [4.78, 5) is 29.3. The number of nitrogens with zero attached hydrogens (tertiary/aromatic N) is 5. The van der Waals surface area contributed by atoms with Crippen LogP contribution in [-0.2, 0) is 0 Å². The van der Waals surface area contributed by atoms with E-state index in [0.717, 1.165) is 33.4 Å². The third-order valence-electron chi connectivity index (χ3n) is 7.74. The molecule has 2 N–H and O–H groups in total. The molecule has 10 heteroatoms. The number of rotatable bonds is 10. The Hall–Kier alpha value is -4.24. The van der Waals surface area contributed by atoms with Gasteiger partial charge in [0, 0.05) is 60.5 Å². The number of hydrogen-bond donors (Lipinski definition) is 1.